The van der Waals surface area contributed by atoms with Crippen molar-refractivity contribution < 1.29 is 43.2 Å². The third kappa shape index (κ3) is 3.91. The summed E-state index contributed by atoms with van der Waals surface area (Å²) in [7, 11) is 0. The molecule has 0 amide bonds. The molecule has 0 heterocycles. The first kappa shape index (κ1) is 16.8. The van der Waals surface area contributed by atoms with Crippen LogP contribution in [0, 0.1) is 0 Å². The van der Waals surface area contributed by atoms with Gasteiger partial charge in [0.05, 0.1) is 0 Å². The topological polar surface area (TPSA) is 154 Å². The molecule has 0 aromatic rings. The van der Waals surface area contributed by atoms with E-state index < -0.39 is 46.8 Å². The van der Waals surface area contributed by atoms with Crippen LogP contribution in [0.5, 0.6) is 0 Å². The Balaban J connectivity index is 5.09. The summed E-state index contributed by atoms with van der Waals surface area (Å²) < 4.78 is 0. The predicted molar refractivity (Wildman–Crippen MR) is 56.3 cm³/mol. The highest BCUT2D eigenvalue weighted by Gasteiger charge is 2.37. The van der Waals surface area contributed by atoms with E-state index >= 15 is 0 Å². The number of carbonyl (C=O) groups excluding carboxylic acids is 9. The van der Waals surface area contributed by atoms with Crippen LogP contribution < -0.4 is 0 Å². The molecule has 9 nitrogen and oxygen atoms in total. The van der Waals surface area contributed by atoms with Crippen LogP contribution in [0.25, 0.3) is 0 Å². The first-order valence-corrected chi connectivity index (χ1v) is 4.64. The first-order chi connectivity index (χ1) is 9.27. The Morgan fingerprint density at radius 1 is 0.550 bits per heavy atom. The van der Waals surface area contributed by atoms with Gasteiger partial charge in [0.25, 0.3) is 34.7 Å². The van der Waals surface area contributed by atoms with E-state index in [9.17, 15) is 43.2 Å². The summed E-state index contributed by atoms with van der Waals surface area (Å²) in [6, 6.07) is 0. The highest BCUT2D eigenvalue weighted by molar-refractivity contribution is 6.97. The van der Waals surface area contributed by atoms with Gasteiger partial charge in [-0.15, -0.1) is 0 Å². The molecule has 0 atom stereocenters. The van der Waals surface area contributed by atoms with Crippen LogP contribution in [0.2, 0.25) is 0 Å². The molecular formula is C11H4O9. The fourth-order valence-corrected chi connectivity index (χ4v) is 0.789. The highest BCUT2D eigenvalue weighted by Crippen LogP contribution is 1.90. The zero-order valence-electron chi connectivity index (χ0n) is 9.48. The van der Waals surface area contributed by atoms with Gasteiger partial charge < -0.3 is 0 Å². The van der Waals surface area contributed by atoms with Crippen LogP contribution in [0.15, 0.2) is 12.2 Å². The summed E-state index contributed by atoms with van der Waals surface area (Å²) in [4.78, 5) is 96.3. The van der Waals surface area contributed by atoms with Crippen molar-refractivity contribution >= 4 is 53.1 Å². The van der Waals surface area contributed by atoms with Gasteiger partial charge in [-0.1, -0.05) is 0 Å². The molecule has 0 saturated carbocycles. The molecule has 0 aliphatic heterocycles. The molecule has 0 bridgehead atoms. The SMILES string of the molecule is O=CC=CC(=O)C(=O)C(=O)C(=O)C(=O)C(=O)C(=O)C=O. The van der Waals surface area contributed by atoms with E-state index in [4.69, 9.17) is 0 Å². The molecule has 102 valence electrons. The van der Waals surface area contributed by atoms with Crippen molar-refractivity contribution in [2.75, 3.05) is 0 Å². The lowest BCUT2D eigenvalue weighted by Crippen LogP contribution is -2.40. The Morgan fingerprint density at radius 2 is 0.950 bits per heavy atom. The van der Waals surface area contributed by atoms with E-state index in [0.717, 1.165) is 0 Å². The van der Waals surface area contributed by atoms with Crippen molar-refractivity contribution in [3.8, 4) is 0 Å². The lowest BCUT2D eigenvalue weighted by molar-refractivity contribution is -0.153. The molecule has 0 unspecified atom stereocenters. The van der Waals surface area contributed by atoms with Gasteiger partial charge in [0.2, 0.25) is 5.78 Å². The Labute approximate surface area is 109 Å². The van der Waals surface area contributed by atoms with Crippen molar-refractivity contribution in [2.45, 2.75) is 0 Å². The van der Waals surface area contributed by atoms with Crippen molar-refractivity contribution in [3.05, 3.63) is 12.2 Å². The van der Waals surface area contributed by atoms with Gasteiger partial charge in [-0.25, -0.2) is 0 Å². The molecule has 0 radical (unpaired) electrons. The molecule has 0 aliphatic carbocycles. The fourth-order valence-electron chi connectivity index (χ4n) is 0.789. The predicted octanol–water partition coefficient (Wildman–Crippen LogP) is -3.08. The molecule has 9 heteroatoms. The minimum atomic E-state index is -2.22. The highest BCUT2D eigenvalue weighted by atomic mass is 16.2. The molecule has 0 saturated heterocycles. The Kier molecular flexibility index (Phi) is 6.09. The molecular weight excluding hydrogens is 276 g/mol. The van der Waals surface area contributed by atoms with Crippen molar-refractivity contribution in [1.82, 2.24) is 0 Å². The Morgan fingerprint density at radius 3 is 1.35 bits per heavy atom. The fraction of sp³-hybridized carbons (Fsp3) is 0. The zero-order chi connectivity index (χ0) is 15.9. The van der Waals surface area contributed by atoms with Gasteiger partial charge in [0, 0.05) is 0 Å². The number of ketones is 7. The Bertz CT molecular complexity index is 591. The van der Waals surface area contributed by atoms with Crippen LogP contribution in [-0.4, -0.2) is 53.1 Å². The molecule has 20 heavy (non-hydrogen) atoms. The van der Waals surface area contributed by atoms with E-state index in [1.807, 2.05) is 0 Å². The van der Waals surface area contributed by atoms with E-state index in [1.54, 1.807) is 0 Å². The molecule has 0 fully saturated rings. The van der Waals surface area contributed by atoms with Gasteiger partial charge in [-0.2, -0.15) is 0 Å². The number of aldehydes is 2. The van der Waals surface area contributed by atoms with Gasteiger partial charge in [0.1, 0.15) is 6.29 Å². The number of allylic oxidation sites excluding steroid dienone is 2. The summed E-state index contributed by atoms with van der Waals surface area (Å²) in [5, 5.41) is 0. The van der Waals surface area contributed by atoms with Crippen LogP contribution in [0.4, 0.5) is 0 Å². The minimum absolute atomic E-state index is 0.106. The lowest BCUT2D eigenvalue weighted by atomic mass is 10.0. The summed E-state index contributed by atoms with van der Waals surface area (Å²) in [5.41, 5.74) is 0. The molecule has 0 rings (SSSR count). The zero-order valence-corrected chi connectivity index (χ0v) is 9.48. The second-order valence-electron chi connectivity index (χ2n) is 2.99. The maximum absolute atomic E-state index is 11.1. The van der Waals surface area contributed by atoms with Gasteiger partial charge in [0.15, 0.2) is 6.29 Å². The van der Waals surface area contributed by atoms with Gasteiger partial charge in [-0.05, 0) is 12.2 Å². The first-order valence-electron chi connectivity index (χ1n) is 4.64. The molecule has 0 aromatic heterocycles. The smallest absolute Gasteiger partial charge is 0.281 e. The van der Waals surface area contributed by atoms with Gasteiger partial charge >= 0.3 is 0 Å². The van der Waals surface area contributed by atoms with E-state index in [2.05, 4.69) is 0 Å². The van der Waals surface area contributed by atoms with E-state index in [0.29, 0.717) is 12.2 Å². The third-order valence-electron chi connectivity index (χ3n) is 1.71. The number of hydrogen-bond donors (Lipinski definition) is 0. The van der Waals surface area contributed by atoms with Crippen LogP contribution in [0.1, 0.15) is 0 Å². The lowest BCUT2D eigenvalue weighted by Gasteiger charge is -1.94. The molecule has 0 aliphatic rings. The van der Waals surface area contributed by atoms with E-state index in [-0.39, 0.29) is 6.29 Å². The molecule has 0 N–H and O–H groups in total. The maximum atomic E-state index is 11.1. The maximum Gasteiger partial charge on any atom is 0.281 e. The Hall–Kier alpha value is -3.23. The normalized spacial score (nSPS) is 9.60. The van der Waals surface area contributed by atoms with E-state index in [1.165, 1.54) is 0 Å². The second-order valence-corrected chi connectivity index (χ2v) is 2.99. The second kappa shape index (κ2) is 7.26. The number of hydrogen-bond acceptors (Lipinski definition) is 9. The minimum Gasteiger partial charge on any atom is -0.299 e. The summed E-state index contributed by atoms with van der Waals surface area (Å²) in [6.07, 6.45) is 0.469. The number of rotatable bonds is 9. The standard InChI is InChI=1S/C11H4O9/c12-3-1-2-5(14)7(16)9(18)11(20)10(19)8(17)6(15)4-13/h1-4H. The largest absolute Gasteiger partial charge is 0.299 e. The number of carbonyl (C=O) groups is 9. The quantitative estimate of drug-likeness (QED) is 0.185. The van der Waals surface area contributed by atoms with Crippen LogP contribution in [0.3, 0.4) is 0 Å². The van der Waals surface area contributed by atoms with Crippen LogP contribution >= 0.6 is 0 Å². The van der Waals surface area contributed by atoms with Gasteiger partial charge in [-0.3, -0.25) is 43.2 Å². The van der Waals surface area contributed by atoms with Crippen LogP contribution in [-0.2, 0) is 43.2 Å². The monoisotopic (exact) mass is 280 g/mol. The van der Waals surface area contributed by atoms with Crippen molar-refractivity contribution in [2.24, 2.45) is 0 Å². The summed E-state index contributed by atoms with van der Waals surface area (Å²) in [6.45, 7) is 0. The molecule has 0 aromatic carbocycles. The molecule has 0 spiro atoms. The summed E-state index contributed by atoms with van der Waals surface area (Å²) >= 11 is 0. The number of Topliss-reactive ketones (excluding diaryl/α,β-unsaturated/α-hetero) is 6. The average Bonchev–Trinajstić information content (AvgIpc) is 2.47. The van der Waals surface area contributed by atoms with Crippen molar-refractivity contribution in [1.29, 1.82) is 0 Å². The van der Waals surface area contributed by atoms with Crippen molar-refractivity contribution in [3.63, 3.8) is 0 Å². The average molecular weight is 280 g/mol. The summed E-state index contributed by atoms with van der Waals surface area (Å²) in [5.74, 6) is -14.1. The third-order valence-corrected chi connectivity index (χ3v) is 1.71.